The Balaban J connectivity index is 1.02. The average Bonchev–Trinajstić information content (AvgIpc) is 3.78. The van der Waals surface area contributed by atoms with Crippen molar-refractivity contribution in [3.8, 4) is 33.4 Å². The van der Waals surface area contributed by atoms with Gasteiger partial charge in [-0.05, 0) is 94.0 Å². The summed E-state index contributed by atoms with van der Waals surface area (Å²) in [6.07, 6.45) is 0. The van der Waals surface area contributed by atoms with E-state index in [0.29, 0.717) is 0 Å². The van der Waals surface area contributed by atoms with Crippen molar-refractivity contribution in [1.82, 2.24) is 0 Å². The molecule has 210 valence electrons. The number of fused-ring (bicyclic) bond motifs is 9. The summed E-state index contributed by atoms with van der Waals surface area (Å²) >= 11 is 1.86. The van der Waals surface area contributed by atoms with Crippen LogP contribution in [0.1, 0.15) is 0 Å². The molecule has 0 unspecified atom stereocenters. The average molecular weight is 593 g/mol. The molecule has 0 spiro atoms. The molecule has 2 nitrogen and oxygen atoms in total. The minimum absolute atomic E-state index is 0.891. The minimum atomic E-state index is 0.891. The van der Waals surface area contributed by atoms with E-state index in [-0.39, 0.29) is 0 Å². The molecule has 3 heteroatoms. The number of para-hydroxylation sites is 1. The second-order valence-corrected chi connectivity index (χ2v) is 12.8. The molecule has 0 aliphatic rings. The van der Waals surface area contributed by atoms with Gasteiger partial charge in [0.2, 0.25) is 0 Å². The Kier molecular flexibility index (Phi) is 5.19. The molecule has 10 rings (SSSR count). The predicted octanol–water partition coefficient (Wildman–Crippen LogP) is 12.9. The molecule has 0 amide bonds. The first-order valence-corrected chi connectivity index (χ1v) is 16.0. The number of hydrogen-bond donors (Lipinski definition) is 0. The second-order valence-electron chi connectivity index (χ2n) is 11.7. The van der Waals surface area contributed by atoms with Crippen LogP contribution in [0.25, 0.3) is 97.4 Å². The Morgan fingerprint density at radius 3 is 1.51 bits per heavy atom. The first-order chi connectivity index (χ1) is 22.2. The Morgan fingerprint density at radius 2 is 0.756 bits per heavy atom. The van der Waals surface area contributed by atoms with Crippen LogP contribution < -0.4 is 0 Å². The quantitative estimate of drug-likeness (QED) is 0.204. The summed E-state index contributed by atoms with van der Waals surface area (Å²) in [5.74, 6) is 0. The predicted molar refractivity (Wildman–Crippen MR) is 190 cm³/mol. The normalized spacial score (nSPS) is 12.0. The molecule has 0 fully saturated rings. The van der Waals surface area contributed by atoms with E-state index in [0.717, 1.165) is 55.0 Å². The van der Waals surface area contributed by atoms with Gasteiger partial charge in [-0.1, -0.05) is 84.9 Å². The van der Waals surface area contributed by atoms with Gasteiger partial charge in [0.05, 0.1) is 0 Å². The van der Waals surface area contributed by atoms with E-state index in [9.17, 15) is 0 Å². The van der Waals surface area contributed by atoms with Gasteiger partial charge < -0.3 is 8.83 Å². The smallest absolute Gasteiger partial charge is 0.136 e. The van der Waals surface area contributed by atoms with Crippen LogP contribution in [-0.4, -0.2) is 0 Å². The lowest BCUT2D eigenvalue weighted by atomic mass is 9.97. The fourth-order valence-electron chi connectivity index (χ4n) is 6.80. The van der Waals surface area contributed by atoms with Gasteiger partial charge in [0.15, 0.2) is 0 Å². The van der Waals surface area contributed by atoms with Gasteiger partial charge in [-0.2, -0.15) is 0 Å². The summed E-state index contributed by atoms with van der Waals surface area (Å²) in [5.41, 5.74) is 10.7. The molecule has 45 heavy (non-hydrogen) atoms. The topological polar surface area (TPSA) is 26.3 Å². The van der Waals surface area contributed by atoms with Crippen molar-refractivity contribution in [2.24, 2.45) is 0 Å². The molecule has 0 atom stereocenters. The Labute approximate surface area is 262 Å². The highest BCUT2D eigenvalue weighted by molar-refractivity contribution is 7.25. The van der Waals surface area contributed by atoms with Crippen LogP contribution in [0, 0.1) is 0 Å². The van der Waals surface area contributed by atoms with Gasteiger partial charge in [0.25, 0.3) is 0 Å². The maximum absolute atomic E-state index is 6.26. The molecular formula is C42H24O2S. The lowest BCUT2D eigenvalue weighted by molar-refractivity contribution is 0.669. The van der Waals surface area contributed by atoms with Gasteiger partial charge in [-0.15, -0.1) is 11.3 Å². The molecule has 10 aromatic rings. The Morgan fingerprint density at radius 1 is 0.289 bits per heavy atom. The zero-order valence-corrected chi connectivity index (χ0v) is 24.9. The molecule has 0 saturated carbocycles. The van der Waals surface area contributed by atoms with Crippen LogP contribution in [0.5, 0.6) is 0 Å². The van der Waals surface area contributed by atoms with E-state index in [4.69, 9.17) is 8.83 Å². The number of thiophene rings is 1. The van der Waals surface area contributed by atoms with E-state index in [1.165, 1.54) is 42.4 Å². The third kappa shape index (κ3) is 3.88. The van der Waals surface area contributed by atoms with Crippen LogP contribution in [0.3, 0.4) is 0 Å². The number of furan rings is 2. The van der Waals surface area contributed by atoms with Crippen LogP contribution >= 0.6 is 11.3 Å². The van der Waals surface area contributed by atoms with E-state index in [1.807, 2.05) is 23.5 Å². The third-order valence-corrected chi connectivity index (χ3v) is 10.3. The molecule has 3 heterocycles. The van der Waals surface area contributed by atoms with Crippen LogP contribution in [-0.2, 0) is 0 Å². The van der Waals surface area contributed by atoms with Crippen LogP contribution in [0.4, 0.5) is 0 Å². The van der Waals surface area contributed by atoms with Crippen molar-refractivity contribution >= 4 is 75.4 Å². The fraction of sp³-hybridized carbons (Fsp3) is 0. The monoisotopic (exact) mass is 592 g/mol. The van der Waals surface area contributed by atoms with Crippen LogP contribution in [0.2, 0.25) is 0 Å². The maximum atomic E-state index is 6.26. The molecule has 0 saturated heterocycles. The van der Waals surface area contributed by atoms with Crippen molar-refractivity contribution in [1.29, 1.82) is 0 Å². The summed E-state index contributed by atoms with van der Waals surface area (Å²) < 4.78 is 15.1. The molecule has 7 aromatic carbocycles. The molecule has 0 aliphatic heterocycles. The highest BCUT2D eigenvalue weighted by atomic mass is 32.1. The molecule has 0 N–H and O–H groups in total. The second kappa shape index (κ2) is 9.43. The first kappa shape index (κ1) is 24.8. The maximum Gasteiger partial charge on any atom is 0.136 e. The fourth-order valence-corrected chi connectivity index (χ4v) is 7.89. The highest BCUT2D eigenvalue weighted by Gasteiger charge is 2.13. The minimum Gasteiger partial charge on any atom is -0.456 e. The summed E-state index contributed by atoms with van der Waals surface area (Å²) in [4.78, 5) is 0. The summed E-state index contributed by atoms with van der Waals surface area (Å²) in [6, 6.07) is 52.0. The van der Waals surface area contributed by atoms with Crippen molar-refractivity contribution in [3.63, 3.8) is 0 Å². The lowest BCUT2D eigenvalue weighted by Crippen LogP contribution is -1.81. The molecule has 3 aromatic heterocycles. The van der Waals surface area contributed by atoms with Gasteiger partial charge in [0, 0.05) is 41.7 Å². The van der Waals surface area contributed by atoms with Gasteiger partial charge >= 0.3 is 0 Å². The first-order valence-electron chi connectivity index (χ1n) is 15.2. The number of benzene rings is 7. The zero-order valence-electron chi connectivity index (χ0n) is 24.1. The summed E-state index contributed by atoms with van der Waals surface area (Å²) in [7, 11) is 0. The van der Waals surface area contributed by atoms with E-state index >= 15 is 0 Å². The van der Waals surface area contributed by atoms with Gasteiger partial charge in [0.1, 0.15) is 22.3 Å². The summed E-state index contributed by atoms with van der Waals surface area (Å²) in [6.45, 7) is 0. The SMILES string of the molecule is c1ccc2c(c1)oc1cc(-c3ccc4oc5ccc(-c6ccc(-c7ccc8sc9ccccc9c8c7)cc6)cc5c4c3)ccc12. The third-order valence-electron chi connectivity index (χ3n) is 9.11. The molecule has 0 bridgehead atoms. The number of rotatable bonds is 3. The van der Waals surface area contributed by atoms with Crippen molar-refractivity contribution in [3.05, 3.63) is 146 Å². The lowest BCUT2D eigenvalue weighted by Gasteiger charge is -2.06. The van der Waals surface area contributed by atoms with Crippen molar-refractivity contribution < 1.29 is 8.83 Å². The van der Waals surface area contributed by atoms with Crippen molar-refractivity contribution in [2.45, 2.75) is 0 Å². The van der Waals surface area contributed by atoms with E-state index in [1.54, 1.807) is 0 Å². The van der Waals surface area contributed by atoms with E-state index in [2.05, 4.69) is 133 Å². The highest BCUT2D eigenvalue weighted by Crippen LogP contribution is 2.39. The van der Waals surface area contributed by atoms with Crippen molar-refractivity contribution in [2.75, 3.05) is 0 Å². The molecule has 0 aliphatic carbocycles. The van der Waals surface area contributed by atoms with E-state index < -0.39 is 0 Å². The molecule has 0 radical (unpaired) electrons. The largest absolute Gasteiger partial charge is 0.456 e. The Bertz CT molecular complexity index is 2760. The van der Waals surface area contributed by atoms with Gasteiger partial charge in [-0.3, -0.25) is 0 Å². The van der Waals surface area contributed by atoms with Gasteiger partial charge in [-0.25, -0.2) is 0 Å². The standard InChI is InChI=1S/C42H24O2S/c1-3-7-37-31(5-1)32-17-13-30(24-40(32)44-37)29-15-19-39-35(22-29)34-21-27(14-18-38(34)43-39)25-9-11-26(12-10-25)28-16-20-42-36(23-28)33-6-2-4-8-41(33)45-42/h1-24H. The Hall–Kier alpha value is -5.64. The van der Waals surface area contributed by atoms with Crippen LogP contribution in [0.15, 0.2) is 154 Å². The summed E-state index contributed by atoms with van der Waals surface area (Å²) in [5, 5.41) is 7.17. The number of hydrogen-bond acceptors (Lipinski definition) is 3. The zero-order chi connectivity index (χ0) is 29.5. The molecular weight excluding hydrogens is 569 g/mol.